The van der Waals surface area contributed by atoms with Crippen LogP contribution in [0.25, 0.3) is 0 Å². The molecule has 4 heteroatoms. The number of hydrogen-bond acceptors (Lipinski definition) is 3. The van der Waals surface area contributed by atoms with Crippen molar-refractivity contribution >= 4 is 5.91 Å². The Bertz CT molecular complexity index is 810. The lowest BCUT2D eigenvalue weighted by Gasteiger charge is -2.33. The van der Waals surface area contributed by atoms with E-state index in [2.05, 4.69) is 29.2 Å². The summed E-state index contributed by atoms with van der Waals surface area (Å²) in [6.07, 6.45) is 10.9. The molecule has 0 radical (unpaired) electrons. The summed E-state index contributed by atoms with van der Waals surface area (Å²) < 4.78 is 5.52. The second-order valence-corrected chi connectivity index (χ2v) is 8.88. The molecule has 160 valence electrons. The fraction of sp³-hybridized carbons (Fsp3) is 0.538. The van der Waals surface area contributed by atoms with E-state index in [1.165, 1.54) is 36.8 Å². The molecule has 2 fully saturated rings. The quantitative estimate of drug-likeness (QED) is 0.622. The molecular weight excluding hydrogens is 372 g/mol. The minimum atomic E-state index is 0.360. The number of nitrogens with zero attached hydrogens (tertiary/aromatic N) is 2. The van der Waals surface area contributed by atoms with Crippen molar-refractivity contribution in [1.82, 2.24) is 9.88 Å². The van der Waals surface area contributed by atoms with Crippen LogP contribution in [0.15, 0.2) is 42.6 Å². The van der Waals surface area contributed by atoms with Gasteiger partial charge in [-0.1, -0.05) is 31.0 Å². The number of aromatic nitrogens is 1. The van der Waals surface area contributed by atoms with E-state index >= 15 is 0 Å². The Hall–Kier alpha value is -2.36. The first-order chi connectivity index (χ1) is 14.7. The Labute approximate surface area is 180 Å². The van der Waals surface area contributed by atoms with Gasteiger partial charge >= 0.3 is 0 Å². The third-order valence-corrected chi connectivity index (χ3v) is 6.62. The van der Waals surface area contributed by atoms with Crippen molar-refractivity contribution in [1.29, 1.82) is 0 Å². The van der Waals surface area contributed by atoms with Crippen molar-refractivity contribution in [3.8, 4) is 5.75 Å². The lowest BCUT2D eigenvalue weighted by Crippen LogP contribution is -2.39. The minimum Gasteiger partial charge on any atom is -0.494 e. The summed E-state index contributed by atoms with van der Waals surface area (Å²) in [5.74, 6) is 2.27. The molecule has 1 amide bonds. The van der Waals surface area contributed by atoms with Gasteiger partial charge in [0.15, 0.2) is 0 Å². The molecule has 1 aromatic carbocycles. The van der Waals surface area contributed by atoms with Crippen LogP contribution in [0.4, 0.5) is 0 Å². The number of pyridine rings is 1. The molecular formula is C26H34N2O2. The van der Waals surface area contributed by atoms with Crippen LogP contribution in [-0.4, -0.2) is 35.5 Å². The molecule has 0 spiro atoms. The lowest BCUT2D eigenvalue weighted by atomic mass is 9.93. The first-order valence-electron chi connectivity index (χ1n) is 11.7. The molecule has 0 N–H and O–H groups in total. The predicted octanol–water partition coefficient (Wildman–Crippen LogP) is 5.36. The van der Waals surface area contributed by atoms with E-state index in [1.54, 1.807) is 0 Å². The monoisotopic (exact) mass is 406 g/mol. The molecule has 0 bridgehead atoms. The van der Waals surface area contributed by atoms with Crippen LogP contribution < -0.4 is 4.74 Å². The van der Waals surface area contributed by atoms with Crippen molar-refractivity contribution < 1.29 is 9.53 Å². The van der Waals surface area contributed by atoms with Crippen LogP contribution in [0.5, 0.6) is 5.75 Å². The van der Waals surface area contributed by atoms with Crippen LogP contribution >= 0.6 is 0 Å². The van der Waals surface area contributed by atoms with Crippen LogP contribution in [0.1, 0.15) is 74.6 Å². The van der Waals surface area contributed by atoms with Gasteiger partial charge < -0.3 is 9.64 Å². The predicted molar refractivity (Wildman–Crippen MR) is 120 cm³/mol. The van der Waals surface area contributed by atoms with E-state index in [-0.39, 0.29) is 0 Å². The largest absolute Gasteiger partial charge is 0.494 e. The van der Waals surface area contributed by atoms with Crippen LogP contribution in [-0.2, 0) is 11.2 Å². The second-order valence-electron chi connectivity index (χ2n) is 8.88. The van der Waals surface area contributed by atoms with Gasteiger partial charge in [-0.05, 0) is 74.3 Å². The molecule has 0 unspecified atom stereocenters. The topological polar surface area (TPSA) is 42.4 Å². The Balaban J connectivity index is 1.33. The first-order valence-corrected chi connectivity index (χ1v) is 11.7. The third-order valence-electron chi connectivity index (χ3n) is 6.62. The van der Waals surface area contributed by atoms with Crippen molar-refractivity contribution in [2.45, 2.75) is 64.2 Å². The van der Waals surface area contributed by atoms with E-state index in [4.69, 9.17) is 9.72 Å². The highest BCUT2D eigenvalue weighted by molar-refractivity contribution is 5.76. The maximum absolute atomic E-state index is 12.7. The van der Waals surface area contributed by atoms with Gasteiger partial charge in [-0.25, -0.2) is 0 Å². The number of likely N-dealkylation sites (tertiary alicyclic amines) is 1. The van der Waals surface area contributed by atoms with Crippen LogP contribution in [0.2, 0.25) is 0 Å². The number of amides is 1. The van der Waals surface area contributed by atoms with E-state index < -0.39 is 0 Å². The number of piperidine rings is 1. The molecule has 2 aromatic rings. The molecule has 1 aromatic heterocycles. The van der Waals surface area contributed by atoms with Crippen molar-refractivity contribution in [3.05, 3.63) is 59.4 Å². The highest BCUT2D eigenvalue weighted by atomic mass is 16.5. The van der Waals surface area contributed by atoms with E-state index in [1.807, 2.05) is 25.3 Å². The summed E-state index contributed by atoms with van der Waals surface area (Å²) in [6.45, 7) is 4.43. The summed E-state index contributed by atoms with van der Waals surface area (Å²) in [6, 6.07) is 12.7. The Morgan fingerprint density at radius 3 is 2.50 bits per heavy atom. The molecule has 2 aliphatic rings. The summed E-state index contributed by atoms with van der Waals surface area (Å²) in [5.41, 5.74) is 3.60. The van der Waals surface area contributed by atoms with Crippen LogP contribution in [0, 0.1) is 5.92 Å². The number of benzene rings is 1. The number of carbonyl (C=O) groups excluding carboxylic acids is 1. The zero-order valence-corrected chi connectivity index (χ0v) is 18.2. The highest BCUT2D eigenvalue weighted by Crippen LogP contribution is 2.30. The summed E-state index contributed by atoms with van der Waals surface area (Å²) >= 11 is 0. The van der Waals surface area contributed by atoms with Gasteiger partial charge in [0, 0.05) is 37.3 Å². The molecule has 1 atom stereocenters. The average molecular weight is 407 g/mol. The van der Waals surface area contributed by atoms with Gasteiger partial charge in [0.25, 0.3) is 0 Å². The Morgan fingerprint density at radius 2 is 1.80 bits per heavy atom. The number of ether oxygens (including phenoxy) is 1. The maximum Gasteiger partial charge on any atom is 0.222 e. The summed E-state index contributed by atoms with van der Waals surface area (Å²) in [7, 11) is 0. The van der Waals surface area contributed by atoms with E-state index in [9.17, 15) is 4.79 Å². The minimum absolute atomic E-state index is 0.360. The first kappa shape index (κ1) is 20.9. The standard InChI is InChI=1S/C26H34N2O2/c1-2-30-24-12-9-21(10-13-24)16-22-11-14-25(27-18-22)23-8-5-15-28(19-23)26(29)17-20-6-3-4-7-20/h9-14,18,20,23H,2-8,15-17,19H2,1H3/t23-/m0/s1. The van der Waals surface area contributed by atoms with E-state index in [0.717, 1.165) is 50.2 Å². The fourth-order valence-electron chi connectivity index (χ4n) is 4.92. The second kappa shape index (κ2) is 10.1. The molecule has 30 heavy (non-hydrogen) atoms. The lowest BCUT2D eigenvalue weighted by molar-refractivity contribution is -0.133. The SMILES string of the molecule is CCOc1ccc(Cc2ccc([C@H]3CCCN(C(=O)CC4CCCC4)C3)nc2)cc1. The summed E-state index contributed by atoms with van der Waals surface area (Å²) in [4.78, 5) is 19.6. The van der Waals surface area contributed by atoms with Crippen molar-refractivity contribution in [2.75, 3.05) is 19.7 Å². The molecule has 1 saturated carbocycles. The summed E-state index contributed by atoms with van der Waals surface area (Å²) in [5, 5.41) is 0. The molecule has 1 aliphatic carbocycles. The highest BCUT2D eigenvalue weighted by Gasteiger charge is 2.27. The number of carbonyl (C=O) groups is 1. The molecule has 4 rings (SSSR count). The van der Waals surface area contributed by atoms with Crippen molar-refractivity contribution in [3.63, 3.8) is 0 Å². The van der Waals surface area contributed by atoms with Gasteiger partial charge in [0.1, 0.15) is 5.75 Å². The smallest absolute Gasteiger partial charge is 0.222 e. The average Bonchev–Trinajstić information content (AvgIpc) is 3.29. The third kappa shape index (κ3) is 5.41. The molecule has 4 nitrogen and oxygen atoms in total. The van der Waals surface area contributed by atoms with Gasteiger partial charge in [-0.2, -0.15) is 0 Å². The van der Waals surface area contributed by atoms with Gasteiger partial charge in [0.05, 0.1) is 6.61 Å². The van der Waals surface area contributed by atoms with Crippen molar-refractivity contribution in [2.24, 2.45) is 5.92 Å². The van der Waals surface area contributed by atoms with Crippen LogP contribution in [0.3, 0.4) is 0 Å². The maximum atomic E-state index is 12.7. The molecule has 2 heterocycles. The zero-order chi connectivity index (χ0) is 20.8. The zero-order valence-electron chi connectivity index (χ0n) is 18.2. The van der Waals surface area contributed by atoms with Gasteiger partial charge in [0.2, 0.25) is 5.91 Å². The number of rotatable bonds is 7. The molecule has 1 aliphatic heterocycles. The Kier molecular flexibility index (Phi) is 7.03. The van der Waals surface area contributed by atoms with Gasteiger partial charge in [-0.3, -0.25) is 9.78 Å². The normalized spacial score (nSPS) is 19.8. The fourth-order valence-corrected chi connectivity index (χ4v) is 4.92. The number of hydrogen-bond donors (Lipinski definition) is 0. The van der Waals surface area contributed by atoms with E-state index in [0.29, 0.717) is 24.3 Å². The molecule has 1 saturated heterocycles. The Morgan fingerprint density at radius 1 is 1.03 bits per heavy atom. The van der Waals surface area contributed by atoms with Gasteiger partial charge in [-0.15, -0.1) is 0 Å².